The molecule has 0 saturated heterocycles. The summed E-state index contributed by atoms with van der Waals surface area (Å²) >= 11 is 0. The maximum atomic E-state index is 5.92. The number of ether oxygens (including phenoxy) is 2. The molecule has 0 saturated carbocycles. The van der Waals surface area contributed by atoms with Crippen molar-refractivity contribution in [2.45, 2.75) is 51.5 Å². The van der Waals surface area contributed by atoms with Gasteiger partial charge in [-0.1, -0.05) is 13.8 Å². The van der Waals surface area contributed by atoms with Crippen LogP contribution in [0, 0.1) is 0 Å². The zero-order valence-corrected chi connectivity index (χ0v) is 13.1. The number of nitrogens with one attached hydrogen (secondary N) is 1. The molecule has 0 spiro atoms. The Kier molecular flexibility index (Phi) is 6.67. The van der Waals surface area contributed by atoms with E-state index in [0.29, 0.717) is 0 Å². The van der Waals surface area contributed by atoms with Crippen molar-refractivity contribution in [1.29, 1.82) is 0 Å². The van der Waals surface area contributed by atoms with Gasteiger partial charge in [0.25, 0.3) is 0 Å². The third-order valence-electron chi connectivity index (χ3n) is 2.89. The van der Waals surface area contributed by atoms with Gasteiger partial charge in [0.15, 0.2) is 0 Å². The molecule has 1 unspecified atom stereocenters. The van der Waals surface area contributed by atoms with Crippen LogP contribution in [0.4, 0.5) is 0 Å². The molecule has 0 aliphatic heterocycles. The summed E-state index contributed by atoms with van der Waals surface area (Å²) in [4.78, 5) is 0. The Balaban J connectivity index is 4.44. The quantitative estimate of drug-likeness (QED) is 0.498. The summed E-state index contributed by atoms with van der Waals surface area (Å²) in [6, 6.07) is 0. The van der Waals surface area contributed by atoms with Gasteiger partial charge >= 0.3 is 0 Å². The van der Waals surface area contributed by atoms with Crippen LogP contribution < -0.4 is 5.32 Å². The van der Waals surface area contributed by atoms with E-state index < -0.39 is 0 Å². The molecule has 1 atom stereocenters. The van der Waals surface area contributed by atoms with Crippen molar-refractivity contribution in [1.82, 2.24) is 5.32 Å². The molecular weight excluding hydrogens is 206 g/mol. The molecule has 0 radical (unpaired) electrons. The van der Waals surface area contributed by atoms with E-state index in [-0.39, 0.29) is 10.9 Å². The van der Waals surface area contributed by atoms with Gasteiger partial charge in [0, 0.05) is 13.2 Å². The van der Waals surface area contributed by atoms with Crippen molar-refractivity contribution >= 4 is 10.2 Å². The molecule has 0 rings (SSSR count). The van der Waals surface area contributed by atoms with Crippen LogP contribution in [0.15, 0.2) is 0 Å². The highest BCUT2D eigenvalue weighted by Gasteiger charge is 2.41. The Labute approximate surface area is 97.3 Å². The monoisotopic (exact) mass is 233 g/mol. The van der Waals surface area contributed by atoms with E-state index in [1.54, 1.807) is 0 Å². The second-order valence-corrected chi connectivity index (χ2v) is 5.90. The molecule has 15 heavy (non-hydrogen) atoms. The molecule has 0 aromatic carbocycles. The molecular formula is C11H27NO2Si. The Morgan fingerprint density at radius 1 is 1.07 bits per heavy atom. The first kappa shape index (κ1) is 15.1. The normalized spacial score (nSPS) is 16.6. The van der Waals surface area contributed by atoms with Gasteiger partial charge in [0.2, 0.25) is 0 Å². The molecule has 1 N–H and O–H groups in total. The van der Waals surface area contributed by atoms with Crippen LogP contribution in [0.1, 0.15) is 40.5 Å². The van der Waals surface area contributed by atoms with Crippen molar-refractivity contribution in [3.8, 4) is 0 Å². The van der Waals surface area contributed by atoms with Crippen LogP contribution in [0.3, 0.4) is 0 Å². The topological polar surface area (TPSA) is 30.5 Å². The van der Waals surface area contributed by atoms with Crippen molar-refractivity contribution in [3.63, 3.8) is 0 Å². The van der Waals surface area contributed by atoms with Gasteiger partial charge in [-0.2, -0.15) is 0 Å². The lowest BCUT2D eigenvalue weighted by Crippen LogP contribution is -2.62. The Hall–Kier alpha value is 0.0969. The number of hydrogen-bond acceptors (Lipinski definition) is 3. The first-order valence-electron chi connectivity index (χ1n) is 5.90. The van der Waals surface area contributed by atoms with Crippen LogP contribution in [0.25, 0.3) is 0 Å². The van der Waals surface area contributed by atoms with E-state index >= 15 is 0 Å². The summed E-state index contributed by atoms with van der Waals surface area (Å²) in [6.07, 6.45) is 2.08. The smallest absolute Gasteiger partial charge is 0.122 e. The second kappa shape index (κ2) is 6.63. The number of likely N-dealkylation sites (N-methyl/N-ethyl adjacent to an activating group) is 1. The lowest BCUT2D eigenvalue weighted by Gasteiger charge is -2.43. The first-order valence-corrected chi connectivity index (χ1v) is 6.90. The molecule has 0 fully saturated rings. The lowest BCUT2D eigenvalue weighted by molar-refractivity contribution is -0.162. The van der Waals surface area contributed by atoms with Gasteiger partial charge in [0.1, 0.15) is 10.9 Å². The summed E-state index contributed by atoms with van der Waals surface area (Å²) in [5.41, 5.74) is -0.265. The average molecular weight is 233 g/mol. The maximum absolute atomic E-state index is 5.92. The lowest BCUT2D eigenvalue weighted by atomic mass is 10.1. The number of rotatable bonds is 8. The van der Waals surface area contributed by atoms with Gasteiger partial charge in [-0.25, -0.2) is 0 Å². The molecule has 0 aliphatic rings. The predicted octanol–water partition coefficient (Wildman–Crippen LogP) is 0.857. The van der Waals surface area contributed by atoms with Crippen molar-refractivity contribution in [3.05, 3.63) is 0 Å². The van der Waals surface area contributed by atoms with E-state index in [1.165, 1.54) is 0 Å². The molecule has 0 bridgehead atoms. The Bertz CT molecular complexity index is 176. The fourth-order valence-electron chi connectivity index (χ4n) is 1.35. The molecule has 0 aromatic rings. The minimum Gasteiger partial charge on any atom is -0.372 e. The van der Waals surface area contributed by atoms with Crippen molar-refractivity contribution in [2.75, 3.05) is 20.3 Å². The molecule has 4 heteroatoms. The van der Waals surface area contributed by atoms with Crippen LogP contribution in [0.2, 0.25) is 0 Å². The van der Waals surface area contributed by atoms with Crippen molar-refractivity contribution in [2.24, 2.45) is 0 Å². The van der Waals surface area contributed by atoms with Crippen molar-refractivity contribution < 1.29 is 9.47 Å². The molecule has 0 aromatic heterocycles. The summed E-state index contributed by atoms with van der Waals surface area (Å²) in [5, 5.41) is 2.98. The third kappa shape index (κ3) is 4.22. The molecule has 3 nitrogen and oxygen atoms in total. The fourth-order valence-corrected chi connectivity index (χ4v) is 1.70. The molecule has 0 aliphatic carbocycles. The highest BCUT2D eigenvalue weighted by atomic mass is 28.1. The van der Waals surface area contributed by atoms with Crippen LogP contribution >= 0.6 is 0 Å². The van der Waals surface area contributed by atoms with Crippen LogP contribution in [-0.2, 0) is 9.47 Å². The van der Waals surface area contributed by atoms with Gasteiger partial charge < -0.3 is 9.47 Å². The van der Waals surface area contributed by atoms with Gasteiger partial charge in [-0.3, -0.25) is 5.32 Å². The predicted molar refractivity (Wildman–Crippen MR) is 68.3 cm³/mol. The van der Waals surface area contributed by atoms with Crippen LogP contribution in [-0.4, -0.2) is 41.5 Å². The zero-order chi connectivity index (χ0) is 11.9. The number of hydrogen-bond donors (Lipinski definition) is 1. The highest BCUT2D eigenvalue weighted by molar-refractivity contribution is 6.15. The maximum Gasteiger partial charge on any atom is 0.122 e. The Morgan fingerprint density at radius 2 is 1.53 bits per heavy atom. The largest absolute Gasteiger partial charge is 0.372 e. The minimum atomic E-state index is -0.293. The Morgan fingerprint density at radius 3 is 1.93 bits per heavy atom. The standard InChI is InChI=1S/C11H27NO2Si/c1-6-8-13-10(3,4)11(15,12-5)14-9-7-2/h12H,6-9H2,1-5,15H3. The summed E-state index contributed by atoms with van der Waals surface area (Å²) in [5.74, 6) is 0. The average Bonchev–Trinajstić information content (AvgIpc) is 2.22. The van der Waals surface area contributed by atoms with E-state index in [1.807, 2.05) is 7.05 Å². The second-order valence-electron chi connectivity index (χ2n) is 4.49. The molecule has 0 heterocycles. The van der Waals surface area contributed by atoms with E-state index in [0.717, 1.165) is 36.3 Å². The van der Waals surface area contributed by atoms with Gasteiger partial charge in [0.05, 0.1) is 10.2 Å². The van der Waals surface area contributed by atoms with Gasteiger partial charge in [-0.15, -0.1) is 0 Å². The minimum absolute atomic E-state index is 0.265. The third-order valence-corrected chi connectivity index (χ3v) is 4.88. The van der Waals surface area contributed by atoms with Gasteiger partial charge in [-0.05, 0) is 33.7 Å². The summed E-state index contributed by atoms with van der Waals surface area (Å²) in [6.45, 7) is 10.0. The molecule has 92 valence electrons. The molecule has 0 amide bonds. The van der Waals surface area contributed by atoms with E-state index in [9.17, 15) is 0 Å². The summed E-state index contributed by atoms with van der Waals surface area (Å²) < 4.78 is 11.8. The van der Waals surface area contributed by atoms with E-state index in [4.69, 9.17) is 9.47 Å². The fraction of sp³-hybridized carbons (Fsp3) is 1.00. The zero-order valence-electron chi connectivity index (χ0n) is 11.1. The SMILES string of the molecule is CCCOC(C)(C)C([SiH3])(NC)OCCC. The highest BCUT2D eigenvalue weighted by Crippen LogP contribution is 2.24. The summed E-state index contributed by atoms with van der Waals surface area (Å²) in [7, 11) is 2.84. The first-order chi connectivity index (χ1) is 6.93. The van der Waals surface area contributed by atoms with E-state index in [2.05, 4.69) is 33.0 Å². The van der Waals surface area contributed by atoms with Crippen LogP contribution in [0.5, 0.6) is 0 Å².